The monoisotopic (exact) mass is 616 g/mol. The Kier molecular flexibility index (Phi) is 7.76. The Morgan fingerprint density at radius 2 is 0.633 bits per heavy atom. The van der Waals surface area contributed by atoms with Crippen molar-refractivity contribution < 1.29 is 0 Å². The molecule has 0 saturated heterocycles. The first-order chi connectivity index (χ1) is 23.8. The summed E-state index contributed by atoms with van der Waals surface area (Å²) in [5.41, 5.74) is 19.9. The van der Waals surface area contributed by atoms with Gasteiger partial charge in [-0.25, -0.2) is 0 Å². The van der Waals surface area contributed by atoms with Crippen LogP contribution in [0, 0.1) is 0 Å². The minimum atomic E-state index is 1.24. The highest BCUT2D eigenvalue weighted by atomic mass is 14.3. The minimum absolute atomic E-state index is 1.24. The van der Waals surface area contributed by atoms with Crippen LogP contribution < -0.4 is 38.2 Å². The van der Waals surface area contributed by atoms with Crippen LogP contribution in [0.2, 0.25) is 0 Å². The van der Waals surface area contributed by atoms with Crippen LogP contribution in [0.5, 0.6) is 0 Å². The number of benzene rings is 8. The summed E-state index contributed by atoms with van der Waals surface area (Å²) >= 11 is 0. The molecule has 0 unspecified atom stereocenters. The van der Waals surface area contributed by atoms with Gasteiger partial charge in [-0.15, -0.1) is 10.9 Å². The zero-order valence-corrected chi connectivity index (χ0v) is 29.6. The summed E-state index contributed by atoms with van der Waals surface area (Å²) in [6, 6.07) is 46.8. The smallest absolute Gasteiger partial charge is 0.101 e. The molecule has 0 N–H and O–H groups in total. The van der Waals surface area contributed by atoms with Crippen molar-refractivity contribution >= 4 is 125 Å². The van der Waals surface area contributed by atoms with E-state index in [0.29, 0.717) is 0 Å². The van der Waals surface area contributed by atoms with Gasteiger partial charge in [0.05, 0.1) is 0 Å². The molecule has 0 aliphatic carbocycles. The van der Waals surface area contributed by atoms with Crippen molar-refractivity contribution in [3.05, 3.63) is 127 Å². The largest absolute Gasteiger partial charge is 0.140 e. The molecule has 0 aliphatic heterocycles. The summed E-state index contributed by atoms with van der Waals surface area (Å²) in [5, 5.41) is 8.01. The van der Waals surface area contributed by atoms with E-state index in [-0.39, 0.29) is 0 Å². The van der Waals surface area contributed by atoms with Gasteiger partial charge in [-0.1, -0.05) is 149 Å². The summed E-state index contributed by atoms with van der Waals surface area (Å²) in [7, 11) is 16.3. The third-order valence-electron chi connectivity index (χ3n) is 11.4. The van der Waals surface area contributed by atoms with Crippen LogP contribution in [-0.2, 0) is 0 Å². The molecule has 0 radical (unpaired) electrons. The minimum Gasteiger partial charge on any atom is -0.101 e. The number of rotatable bonds is 4. The second-order valence-corrected chi connectivity index (χ2v) is 13.9. The predicted molar refractivity (Wildman–Crippen MR) is 238 cm³/mol. The van der Waals surface area contributed by atoms with Gasteiger partial charge in [-0.3, -0.25) is 0 Å². The van der Waals surface area contributed by atoms with Gasteiger partial charge in [0.15, 0.2) is 0 Å². The molecule has 0 nitrogen and oxygen atoms in total. The zero-order valence-electron chi connectivity index (χ0n) is 29.6. The molecule has 0 saturated carbocycles. The SMILES string of the molecule is Bc1c(B)c(B)c2c(-c3ccccc3)c3c(B)c(-c4ccccc4)c(B)c(B)c3c(-c3ccc(-c4ccc5ccccc5c4)cc3)c2c1B. The van der Waals surface area contributed by atoms with E-state index in [0.717, 1.165) is 0 Å². The predicted octanol–water partition coefficient (Wildman–Crippen LogP) is -0.377. The first-order valence-electron chi connectivity index (χ1n) is 17.5. The Hall–Kier alpha value is -5.01. The van der Waals surface area contributed by atoms with Gasteiger partial charge < -0.3 is 0 Å². The molecule has 0 bridgehead atoms. The van der Waals surface area contributed by atoms with E-state index in [9.17, 15) is 0 Å². The molecule has 0 aromatic heterocycles. The van der Waals surface area contributed by atoms with E-state index >= 15 is 0 Å². The van der Waals surface area contributed by atoms with Crippen LogP contribution in [0.1, 0.15) is 0 Å². The van der Waals surface area contributed by atoms with Crippen molar-refractivity contribution in [2.75, 3.05) is 0 Å². The molecule has 8 aromatic rings. The van der Waals surface area contributed by atoms with Crippen LogP contribution in [-0.4, -0.2) is 54.9 Å². The Morgan fingerprint density at radius 1 is 0.245 bits per heavy atom. The van der Waals surface area contributed by atoms with Crippen LogP contribution in [0.25, 0.3) is 76.8 Å². The van der Waals surface area contributed by atoms with E-state index in [1.54, 1.807) is 0 Å². The van der Waals surface area contributed by atoms with Gasteiger partial charge in [-0.2, -0.15) is 0 Å². The molecule has 8 aromatic carbocycles. The van der Waals surface area contributed by atoms with Crippen LogP contribution in [0.3, 0.4) is 0 Å². The maximum absolute atomic E-state index is 2.36. The second kappa shape index (κ2) is 12.2. The lowest BCUT2D eigenvalue weighted by Crippen LogP contribution is -2.48. The van der Waals surface area contributed by atoms with Gasteiger partial charge in [0.2, 0.25) is 0 Å². The molecular formula is C42H35B7. The average Bonchev–Trinajstić information content (AvgIpc) is 3.15. The summed E-state index contributed by atoms with van der Waals surface area (Å²) in [4.78, 5) is 0. The standard InChI is InChI=1S/C42H35B7/c43-36-31(25-12-5-2-6-13-25)37(44)38(45)33-30(26-18-15-23(16-19-26)28-20-17-22-9-7-8-14-27(22)21-28)35-34(39(46)41(48)42(49)40(35)47)29(32(33)36)24-10-3-1-4-11-24/h1-21H,43-49H2. The molecule has 49 heavy (non-hydrogen) atoms. The third kappa shape index (κ3) is 4.94. The number of fused-ring (bicyclic) bond motifs is 3. The average molecular weight is 615 g/mol. The van der Waals surface area contributed by atoms with Crippen molar-refractivity contribution in [3.63, 3.8) is 0 Å². The van der Waals surface area contributed by atoms with Crippen molar-refractivity contribution in [3.8, 4) is 44.5 Å². The van der Waals surface area contributed by atoms with Crippen LogP contribution in [0.15, 0.2) is 127 Å². The van der Waals surface area contributed by atoms with Crippen molar-refractivity contribution in [1.29, 1.82) is 0 Å². The molecule has 0 amide bonds. The van der Waals surface area contributed by atoms with Gasteiger partial charge in [0.25, 0.3) is 0 Å². The van der Waals surface area contributed by atoms with Crippen molar-refractivity contribution in [2.45, 2.75) is 0 Å². The highest BCUT2D eigenvalue weighted by molar-refractivity contribution is 6.69. The Morgan fingerprint density at radius 3 is 1.18 bits per heavy atom. The van der Waals surface area contributed by atoms with Gasteiger partial charge in [0.1, 0.15) is 54.9 Å². The highest BCUT2D eigenvalue weighted by Gasteiger charge is 2.26. The maximum atomic E-state index is 2.36. The molecule has 0 fully saturated rings. The molecule has 0 spiro atoms. The molecular weight excluding hydrogens is 580 g/mol. The molecule has 0 aliphatic rings. The highest BCUT2D eigenvalue weighted by Crippen LogP contribution is 2.42. The zero-order chi connectivity index (χ0) is 34.0. The summed E-state index contributed by atoms with van der Waals surface area (Å²) in [5.74, 6) is 0. The molecule has 0 heterocycles. The summed E-state index contributed by atoms with van der Waals surface area (Å²) in [6.45, 7) is 0. The van der Waals surface area contributed by atoms with Gasteiger partial charge in [-0.05, 0) is 82.9 Å². The first-order valence-corrected chi connectivity index (χ1v) is 17.5. The van der Waals surface area contributed by atoms with Gasteiger partial charge in [0, 0.05) is 0 Å². The fourth-order valence-corrected chi connectivity index (χ4v) is 8.39. The van der Waals surface area contributed by atoms with Crippen molar-refractivity contribution in [2.24, 2.45) is 0 Å². The maximum Gasteiger partial charge on any atom is 0.140 e. The fourth-order valence-electron chi connectivity index (χ4n) is 8.39. The van der Waals surface area contributed by atoms with Crippen LogP contribution in [0.4, 0.5) is 0 Å². The normalized spacial score (nSPS) is 11.4. The van der Waals surface area contributed by atoms with E-state index in [1.165, 1.54) is 115 Å². The molecule has 224 valence electrons. The summed E-state index contributed by atoms with van der Waals surface area (Å²) in [6.07, 6.45) is 0. The van der Waals surface area contributed by atoms with Crippen molar-refractivity contribution in [1.82, 2.24) is 0 Å². The quantitative estimate of drug-likeness (QED) is 0.187. The molecule has 0 atom stereocenters. The number of hydrogen-bond acceptors (Lipinski definition) is 0. The number of hydrogen-bond donors (Lipinski definition) is 0. The van der Waals surface area contributed by atoms with Crippen LogP contribution >= 0.6 is 0 Å². The Balaban J connectivity index is 1.53. The Bertz CT molecular complexity index is 2600. The van der Waals surface area contributed by atoms with E-state index in [4.69, 9.17) is 0 Å². The second-order valence-electron chi connectivity index (χ2n) is 13.9. The topological polar surface area (TPSA) is 0 Å². The first kappa shape index (κ1) is 31.3. The lowest BCUT2D eigenvalue weighted by molar-refractivity contribution is 1.63. The fraction of sp³-hybridized carbons (Fsp3) is 0. The third-order valence-corrected chi connectivity index (χ3v) is 11.4. The van der Waals surface area contributed by atoms with E-state index in [2.05, 4.69) is 182 Å². The molecule has 7 heteroatoms. The van der Waals surface area contributed by atoms with Gasteiger partial charge >= 0.3 is 0 Å². The van der Waals surface area contributed by atoms with E-state index in [1.807, 2.05) is 0 Å². The van der Waals surface area contributed by atoms with E-state index < -0.39 is 0 Å². The summed E-state index contributed by atoms with van der Waals surface area (Å²) < 4.78 is 0. The lowest BCUT2D eigenvalue weighted by Gasteiger charge is -2.28. The molecule has 8 rings (SSSR count). The Labute approximate surface area is 296 Å². The lowest BCUT2D eigenvalue weighted by atomic mass is 9.60.